The molecule has 6 fully saturated rings. The number of nitrogens with one attached hydrogen (secondary N) is 3. The highest BCUT2D eigenvalue weighted by Gasteiger charge is 2.66. The predicted molar refractivity (Wildman–Crippen MR) is 366 cm³/mol. The molecule has 502 valence electrons. The monoisotopic (exact) mass is 1330 g/mol. The number of amides is 4. The Hall–Kier alpha value is -7.77. The lowest BCUT2D eigenvalue weighted by Crippen LogP contribution is -2.64. The number of likely N-dealkylation sites (tertiary alicyclic amines) is 1. The molecule has 5 N–H and O–H groups in total. The van der Waals surface area contributed by atoms with Gasteiger partial charge in [-0.15, -0.1) is 21.5 Å². The number of aliphatic hydroxyl groups is 1. The molecule has 0 spiro atoms. The Bertz CT molecular complexity index is 4040. The second-order valence-electron chi connectivity index (χ2n) is 29.8. The molecule has 2 saturated heterocycles. The number of β-amino-alcohol motifs (C(OH)–C–C–N with tert-alkyl or cyclic N) is 1. The van der Waals surface area contributed by atoms with Crippen LogP contribution in [0.2, 0.25) is 0 Å². The number of aromatic carboxylic acids is 1. The third-order valence-corrected chi connectivity index (χ3v) is 22.9. The fourth-order valence-electron chi connectivity index (χ4n) is 17.5. The minimum Gasteiger partial charge on any atom is -0.476 e. The van der Waals surface area contributed by atoms with Gasteiger partial charge in [-0.3, -0.25) is 28.8 Å². The summed E-state index contributed by atoms with van der Waals surface area (Å²) in [4.78, 5) is 91.3. The number of anilines is 4. The third kappa shape index (κ3) is 13.5. The van der Waals surface area contributed by atoms with Crippen molar-refractivity contribution >= 4 is 85.1 Å². The van der Waals surface area contributed by atoms with E-state index in [1.54, 1.807) is 28.9 Å². The molecule has 3 aliphatic heterocycles. The van der Waals surface area contributed by atoms with Gasteiger partial charge in [0.15, 0.2) is 22.5 Å². The van der Waals surface area contributed by atoms with E-state index in [9.17, 15) is 34.2 Å². The summed E-state index contributed by atoms with van der Waals surface area (Å²) in [5.74, 6) is -0.694. The number of carboxylic acid groups (broad SMARTS) is 1. The number of benzene rings is 2. The Morgan fingerprint density at radius 2 is 1.59 bits per heavy atom. The standard InChI is InChI=1S/C71H88N14O8S2/c1-42-49-13-12-24-83(62(49)80-79-61(42)78-66-75-52-14-10-11-15-54(52)95-66)55-21-20-50(58(76-55)65(91)92)51-32-73-85(45(51)4)40-70-35-68(8)34-69(9,36-70)38-71(37-68,39-70)93-30-29-81-25-27-82(28-26-81)57(88)23-22-56(87)77-60(67(5,6)7)64(90)84-33-48(86)31-53(84)63(89)74-43(2)46-16-18-47(19-17-46)59-44(3)72-41-94-59/h10-11,14-21,32,41,43,48,53,60,86H,12-13,22-31,33-40H2,1-9H3,(H,74,89)(H,77,87)(H,91,92)(H,75,78,79)/t43-,48+,53-,60?,68-,69+,70?,71?/m0/s1. The van der Waals surface area contributed by atoms with Crippen LogP contribution in [0.15, 0.2) is 72.4 Å². The Balaban J connectivity index is 0.593. The highest BCUT2D eigenvalue weighted by atomic mass is 32.1. The van der Waals surface area contributed by atoms with Crippen LogP contribution in [0.1, 0.15) is 150 Å². The van der Waals surface area contributed by atoms with Crippen LogP contribution in [0.25, 0.3) is 31.8 Å². The number of hydrogen-bond acceptors (Lipinski definition) is 18. The van der Waals surface area contributed by atoms with E-state index < -0.39 is 41.4 Å². The topological polar surface area (TPSA) is 266 Å². The molecule has 3 unspecified atom stereocenters. The summed E-state index contributed by atoms with van der Waals surface area (Å²) < 4.78 is 10.4. The van der Waals surface area contributed by atoms with Gasteiger partial charge < -0.3 is 45.6 Å². The van der Waals surface area contributed by atoms with Crippen LogP contribution >= 0.6 is 22.7 Å². The van der Waals surface area contributed by atoms with E-state index in [-0.39, 0.29) is 71.2 Å². The van der Waals surface area contributed by atoms with E-state index in [2.05, 4.69) is 49.5 Å². The number of piperazine rings is 1. The lowest BCUT2D eigenvalue weighted by atomic mass is 9.39. The lowest BCUT2D eigenvalue weighted by molar-refractivity contribution is -0.249. The quantitative estimate of drug-likeness (QED) is 0.0475. The lowest BCUT2D eigenvalue weighted by Gasteiger charge is -2.69. The number of para-hydroxylation sites is 1. The van der Waals surface area contributed by atoms with Gasteiger partial charge in [0.25, 0.3) is 0 Å². The summed E-state index contributed by atoms with van der Waals surface area (Å²) in [6.07, 6.45) is 8.68. The summed E-state index contributed by atoms with van der Waals surface area (Å²) in [7, 11) is 0. The minimum absolute atomic E-state index is 0.0102. The van der Waals surface area contributed by atoms with Crippen LogP contribution in [0.5, 0.6) is 0 Å². The minimum atomic E-state index is -1.12. The SMILES string of the molecule is Cc1ncsc1-c1ccc([C@H](C)NC(=O)[C@@H]2C[C@@H](O)CN2C(=O)C(NC(=O)CCC(=O)N2CCN(CCOC34CC5(Cn6ncc(-c7ccc(N8CCCc9c8nnc(Nc8nc%10ccccc%10s8)c9C)nc7C(=O)O)c6C)C[C@@](C)(C3)C[C@](C)(C5)C4)CC2)C(C)(C)C)cc1. The average molecular weight is 1330 g/mol. The normalized spacial score (nSPS) is 24.8. The molecular formula is C71H88N14O8S2. The maximum atomic E-state index is 14.4. The number of carbonyl (C=O) groups excluding carboxylic acids is 4. The van der Waals surface area contributed by atoms with Crippen molar-refractivity contribution in [3.63, 3.8) is 0 Å². The molecule has 4 amide bonds. The van der Waals surface area contributed by atoms with E-state index in [4.69, 9.17) is 24.9 Å². The molecule has 7 aromatic rings. The summed E-state index contributed by atoms with van der Waals surface area (Å²) in [6.45, 7) is 23.3. The average Bonchev–Trinajstić information content (AvgIpc) is 0.980. The maximum absolute atomic E-state index is 14.4. The van der Waals surface area contributed by atoms with Crippen molar-refractivity contribution in [2.75, 3.05) is 62.6 Å². The molecule has 8 heterocycles. The number of rotatable bonds is 20. The number of aromatic nitrogens is 7. The van der Waals surface area contributed by atoms with E-state index >= 15 is 0 Å². The first-order chi connectivity index (χ1) is 45.3. The molecular weight excluding hydrogens is 1240 g/mol. The van der Waals surface area contributed by atoms with E-state index in [0.717, 1.165) is 117 Å². The van der Waals surface area contributed by atoms with Crippen molar-refractivity contribution in [2.24, 2.45) is 21.7 Å². The number of fused-ring (bicyclic) bond motifs is 2. The van der Waals surface area contributed by atoms with Crippen molar-refractivity contribution in [3.8, 4) is 21.6 Å². The van der Waals surface area contributed by atoms with Crippen molar-refractivity contribution in [1.82, 2.24) is 60.3 Å². The van der Waals surface area contributed by atoms with Gasteiger partial charge in [-0.05, 0) is 136 Å². The van der Waals surface area contributed by atoms with Crippen LogP contribution < -0.4 is 20.9 Å². The highest BCUT2D eigenvalue weighted by molar-refractivity contribution is 7.22. The Labute approximate surface area is 562 Å². The first-order valence-corrected chi connectivity index (χ1v) is 35.2. The first kappa shape index (κ1) is 65.9. The predicted octanol–water partition coefficient (Wildman–Crippen LogP) is 10.3. The Morgan fingerprint density at radius 1 is 0.842 bits per heavy atom. The second-order valence-corrected chi connectivity index (χ2v) is 31.7. The summed E-state index contributed by atoms with van der Waals surface area (Å²) in [5.41, 5.74) is 8.81. The van der Waals surface area contributed by atoms with Crippen LogP contribution in [0.4, 0.5) is 22.6 Å². The maximum Gasteiger partial charge on any atom is 0.355 e. The molecule has 24 heteroatoms. The molecule has 95 heavy (non-hydrogen) atoms. The molecule has 5 aromatic heterocycles. The van der Waals surface area contributed by atoms with Gasteiger partial charge in [-0.2, -0.15) is 5.10 Å². The van der Waals surface area contributed by atoms with Gasteiger partial charge in [0.1, 0.15) is 17.9 Å². The van der Waals surface area contributed by atoms with Crippen LogP contribution in [-0.4, -0.2) is 166 Å². The highest BCUT2D eigenvalue weighted by Crippen LogP contribution is 2.72. The number of aliphatic hydroxyl groups excluding tert-OH is 1. The molecule has 4 aliphatic carbocycles. The number of carbonyl (C=O) groups is 5. The molecule has 2 aromatic carbocycles. The third-order valence-electron chi connectivity index (χ3n) is 21.0. The number of pyridine rings is 1. The number of ether oxygens (including phenoxy) is 1. The Kier molecular flexibility index (Phi) is 17.8. The van der Waals surface area contributed by atoms with Gasteiger partial charge in [0.05, 0.1) is 56.8 Å². The van der Waals surface area contributed by atoms with Crippen LogP contribution in [0, 0.1) is 42.4 Å². The van der Waals surface area contributed by atoms with Gasteiger partial charge in [-0.25, -0.2) is 19.7 Å². The first-order valence-electron chi connectivity index (χ1n) is 33.5. The molecule has 4 bridgehead atoms. The summed E-state index contributed by atoms with van der Waals surface area (Å²) in [5, 5.41) is 46.0. The fraction of sp³-hybridized carbons (Fsp3) is 0.535. The fourth-order valence-corrected chi connectivity index (χ4v) is 19.2. The smallest absolute Gasteiger partial charge is 0.355 e. The van der Waals surface area contributed by atoms with Gasteiger partial charge >= 0.3 is 5.97 Å². The zero-order chi connectivity index (χ0) is 66.9. The zero-order valence-electron chi connectivity index (χ0n) is 56.0. The molecule has 22 nitrogen and oxygen atoms in total. The Morgan fingerprint density at radius 3 is 2.29 bits per heavy atom. The molecule has 7 aliphatic rings. The number of hydrogen-bond donors (Lipinski definition) is 5. The number of nitrogens with zero attached hydrogens (tertiary/aromatic N) is 11. The van der Waals surface area contributed by atoms with Crippen molar-refractivity contribution in [3.05, 3.63) is 106 Å². The van der Waals surface area contributed by atoms with E-state index in [1.807, 2.05) is 124 Å². The van der Waals surface area contributed by atoms with Crippen LogP contribution in [0.3, 0.4) is 0 Å². The number of thiazole rings is 2. The van der Waals surface area contributed by atoms with Gasteiger partial charge in [0, 0.05) is 99.6 Å². The van der Waals surface area contributed by atoms with Crippen molar-refractivity contribution in [1.29, 1.82) is 0 Å². The van der Waals surface area contributed by atoms with E-state index in [0.29, 0.717) is 68.9 Å². The number of carboxylic acids is 1. The zero-order valence-corrected chi connectivity index (χ0v) is 57.6. The van der Waals surface area contributed by atoms with Crippen LogP contribution in [-0.2, 0) is 36.9 Å². The van der Waals surface area contributed by atoms with E-state index in [1.165, 1.54) is 4.90 Å². The van der Waals surface area contributed by atoms with Crippen molar-refractivity contribution in [2.45, 2.75) is 169 Å². The molecule has 0 radical (unpaired) electrons. The van der Waals surface area contributed by atoms with Gasteiger partial charge in [-0.1, -0.05) is 82.4 Å². The molecule has 4 saturated carbocycles. The van der Waals surface area contributed by atoms with Gasteiger partial charge in [0.2, 0.25) is 23.6 Å². The van der Waals surface area contributed by atoms with Crippen molar-refractivity contribution < 1.29 is 38.9 Å². The largest absolute Gasteiger partial charge is 0.476 e. The number of aryl methyl sites for hydroxylation is 1. The molecule has 8 atom stereocenters. The molecule has 14 rings (SSSR count). The summed E-state index contributed by atoms with van der Waals surface area (Å²) in [6, 6.07) is 17.4. The second kappa shape index (κ2) is 25.7. The summed E-state index contributed by atoms with van der Waals surface area (Å²) >= 11 is 3.13.